The lowest BCUT2D eigenvalue weighted by atomic mass is 10.1. The first-order valence-corrected chi connectivity index (χ1v) is 6.14. The molecular weight excluding hydrogens is 188 g/mol. The Kier molecular flexibility index (Phi) is 6.05. The first kappa shape index (κ1) is 12.2. The third-order valence-electron chi connectivity index (χ3n) is 2.74. The monoisotopic (exact) mass is 210 g/mol. The molecular formula is C12H22N2O. The first-order valence-electron chi connectivity index (χ1n) is 6.14. The highest BCUT2D eigenvalue weighted by Gasteiger charge is 2.18. The Labute approximate surface area is 92.4 Å². The lowest BCUT2D eigenvalue weighted by Gasteiger charge is -2.08. The summed E-state index contributed by atoms with van der Waals surface area (Å²) >= 11 is 0. The van der Waals surface area contributed by atoms with Crippen LogP contribution in [0.5, 0.6) is 0 Å². The van der Waals surface area contributed by atoms with Crippen LogP contribution in [0.3, 0.4) is 0 Å². The molecule has 0 radical (unpaired) electrons. The molecule has 3 heteroatoms. The van der Waals surface area contributed by atoms with Crippen molar-refractivity contribution in [1.29, 1.82) is 0 Å². The van der Waals surface area contributed by atoms with Gasteiger partial charge in [0.05, 0.1) is 0 Å². The molecule has 1 rings (SSSR count). The van der Waals surface area contributed by atoms with Crippen LogP contribution in [0.15, 0.2) is 4.99 Å². The van der Waals surface area contributed by atoms with E-state index in [-0.39, 0.29) is 11.9 Å². The number of unbranched alkanes of at least 4 members (excludes halogenated alkanes) is 4. The van der Waals surface area contributed by atoms with E-state index in [0.29, 0.717) is 0 Å². The van der Waals surface area contributed by atoms with Gasteiger partial charge in [0.2, 0.25) is 5.91 Å². The highest BCUT2D eigenvalue weighted by molar-refractivity contribution is 5.85. The summed E-state index contributed by atoms with van der Waals surface area (Å²) in [5.41, 5.74) is 0. The van der Waals surface area contributed by atoms with E-state index in [1.54, 1.807) is 0 Å². The maximum Gasteiger partial charge on any atom is 0.244 e. The van der Waals surface area contributed by atoms with Crippen LogP contribution >= 0.6 is 0 Å². The molecule has 0 fully saturated rings. The molecule has 1 amide bonds. The van der Waals surface area contributed by atoms with Gasteiger partial charge in [-0.1, -0.05) is 32.6 Å². The standard InChI is InChI=1S/C12H22N2O/c1-2-3-4-5-6-9-14-12(15)11-8-7-10-13-11/h10-11H,2-9H2,1H3,(H,14,15)/t11-/m1/s1. The molecule has 1 heterocycles. The minimum Gasteiger partial charge on any atom is -0.354 e. The van der Waals surface area contributed by atoms with E-state index in [4.69, 9.17) is 0 Å². The molecule has 1 atom stereocenters. The Balaban J connectivity index is 1.95. The average Bonchev–Trinajstić information content (AvgIpc) is 2.76. The molecule has 0 aliphatic carbocycles. The van der Waals surface area contributed by atoms with Gasteiger partial charge in [0.25, 0.3) is 0 Å². The van der Waals surface area contributed by atoms with E-state index in [9.17, 15) is 4.79 Å². The van der Waals surface area contributed by atoms with E-state index >= 15 is 0 Å². The average molecular weight is 210 g/mol. The Bertz CT molecular complexity index is 214. The van der Waals surface area contributed by atoms with Crippen molar-refractivity contribution in [2.75, 3.05) is 6.54 Å². The molecule has 0 bridgehead atoms. The van der Waals surface area contributed by atoms with E-state index in [1.807, 2.05) is 6.21 Å². The molecule has 3 nitrogen and oxygen atoms in total. The van der Waals surface area contributed by atoms with Gasteiger partial charge >= 0.3 is 0 Å². The zero-order valence-electron chi connectivity index (χ0n) is 9.67. The zero-order valence-corrected chi connectivity index (χ0v) is 9.67. The third kappa shape index (κ3) is 4.96. The van der Waals surface area contributed by atoms with Gasteiger partial charge in [-0.25, -0.2) is 0 Å². The van der Waals surface area contributed by atoms with Crippen LogP contribution in [-0.2, 0) is 4.79 Å². The predicted molar refractivity (Wildman–Crippen MR) is 63.3 cm³/mol. The van der Waals surface area contributed by atoms with Crippen LogP contribution in [0.2, 0.25) is 0 Å². The molecule has 0 aromatic heterocycles. The number of carbonyl (C=O) groups excluding carboxylic acids is 1. The summed E-state index contributed by atoms with van der Waals surface area (Å²) < 4.78 is 0. The van der Waals surface area contributed by atoms with E-state index in [1.165, 1.54) is 25.7 Å². The van der Waals surface area contributed by atoms with Crippen molar-refractivity contribution in [2.45, 2.75) is 57.9 Å². The molecule has 0 aromatic rings. The van der Waals surface area contributed by atoms with Gasteiger partial charge in [-0.15, -0.1) is 0 Å². The second-order valence-electron chi connectivity index (χ2n) is 4.13. The molecule has 0 unspecified atom stereocenters. The summed E-state index contributed by atoms with van der Waals surface area (Å²) in [6.45, 7) is 3.02. The number of carbonyl (C=O) groups is 1. The summed E-state index contributed by atoms with van der Waals surface area (Å²) in [5, 5.41) is 2.95. The van der Waals surface area contributed by atoms with Crippen molar-refractivity contribution in [3.63, 3.8) is 0 Å². The maximum atomic E-state index is 11.5. The van der Waals surface area contributed by atoms with Crippen molar-refractivity contribution >= 4 is 12.1 Å². The van der Waals surface area contributed by atoms with Gasteiger partial charge < -0.3 is 5.32 Å². The molecule has 86 valence electrons. The van der Waals surface area contributed by atoms with Gasteiger partial charge in [0, 0.05) is 6.54 Å². The highest BCUT2D eigenvalue weighted by Crippen LogP contribution is 2.08. The Hall–Kier alpha value is -0.860. The molecule has 1 aliphatic rings. The van der Waals surface area contributed by atoms with Crippen molar-refractivity contribution in [2.24, 2.45) is 4.99 Å². The van der Waals surface area contributed by atoms with Crippen LogP contribution < -0.4 is 5.32 Å². The van der Waals surface area contributed by atoms with E-state index < -0.39 is 0 Å². The number of hydrogen-bond donors (Lipinski definition) is 1. The Morgan fingerprint density at radius 3 is 2.87 bits per heavy atom. The molecule has 1 aliphatic heterocycles. The van der Waals surface area contributed by atoms with Gasteiger partial charge in [-0.3, -0.25) is 9.79 Å². The van der Waals surface area contributed by atoms with Gasteiger partial charge in [0.1, 0.15) is 6.04 Å². The summed E-state index contributed by atoms with van der Waals surface area (Å²) in [7, 11) is 0. The van der Waals surface area contributed by atoms with E-state index in [2.05, 4.69) is 17.2 Å². The molecule has 0 aromatic carbocycles. The first-order chi connectivity index (χ1) is 7.34. The number of amides is 1. The third-order valence-corrected chi connectivity index (χ3v) is 2.74. The fourth-order valence-corrected chi connectivity index (χ4v) is 1.77. The summed E-state index contributed by atoms with van der Waals surface area (Å²) in [6.07, 6.45) is 9.88. The lowest BCUT2D eigenvalue weighted by molar-refractivity contribution is -0.122. The van der Waals surface area contributed by atoms with Crippen LogP contribution in [-0.4, -0.2) is 24.7 Å². The largest absolute Gasteiger partial charge is 0.354 e. The number of aliphatic imine (C=N–C) groups is 1. The second kappa shape index (κ2) is 7.43. The highest BCUT2D eigenvalue weighted by atomic mass is 16.2. The van der Waals surface area contributed by atoms with Crippen LogP contribution in [0, 0.1) is 0 Å². The Morgan fingerprint density at radius 1 is 1.40 bits per heavy atom. The zero-order chi connectivity index (χ0) is 10.9. The topological polar surface area (TPSA) is 41.5 Å². The van der Waals surface area contributed by atoms with Crippen LogP contribution in [0.1, 0.15) is 51.9 Å². The van der Waals surface area contributed by atoms with Gasteiger partial charge in [-0.05, 0) is 25.5 Å². The predicted octanol–water partition coefficient (Wildman–Crippen LogP) is 2.31. The molecule has 0 spiro atoms. The summed E-state index contributed by atoms with van der Waals surface area (Å²) in [6, 6.07) is -0.0966. The smallest absolute Gasteiger partial charge is 0.244 e. The minimum absolute atomic E-state index is 0.0966. The van der Waals surface area contributed by atoms with Gasteiger partial charge in [0.15, 0.2) is 0 Å². The quantitative estimate of drug-likeness (QED) is 0.644. The molecule has 15 heavy (non-hydrogen) atoms. The van der Waals surface area contributed by atoms with Crippen LogP contribution in [0.25, 0.3) is 0 Å². The summed E-state index contributed by atoms with van der Waals surface area (Å²) in [4.78, 5) is 15.6. The number of rotatable bonds is 7. The fourth-order valence-electron chi connectivity index (χ4n) is 1.77. The van der Waals surface area contributed by atoms with Gasteiger partial charge in [-0.2, -0.15) is 0 Å². The van der Waals surface area contributed by atoms with Crippen molar-refractivity contribution in [3.05, 3.63) is 0 Å². The molecule has 0 saturated carbocycles. The van der Waals surface area contributed by atoms with Crippen LogP contribution in [0.4, 0.5) is 0 Å². The van der Waals surface area contributed by atoms with Crippen molar-refractivity contribution in [3.8, 4) is 0 Å². The minimum atomic E-state index is -0.0966. The van der Waals surface area contributed by atoms with Crippen molar-refractivity contribution in [1.82, 2.24) is 5.32 Å². The molecule has 1 N–H and O–H groups in total. The number of hydrogen-bond acceptors (Lipinski definition) is 2. The summed E-state index contributed by atoms with van der Waals surface area (Å²) in [5.74, 6) is 0.110. The SMILES string of the molecule is CCCCCCCNC(=O)[C@H]1CCC=N1. The van der Waals surface area contributed by atoms with Crippen molar-refractivity contribution < 1.29 is 4.79 Å². The normalized spacial score (nSPS) is 19.4. The lowest BCUT2D eigenvalue weighted by Crippen LogP contribution is -2.32. The fraction of sp³-hybridized carbons (Fsp3) is 0.833. The molecule has 0 saturated heterocycles. The number of nitrogens with one attached hydrogen (secondary N) is 1. The maximum absolute atomic E-state index is 11.5. The number of nitrogens with zero attached hydrogens (tertiary/aromatic N) is 1. The second-order valence-corrected chi connectivity index (χ2v) is 4.13. The van der Waals surface area contributed by atoms with E-state index in [0.717, 1.165) is 25.8 Å². The Morgan fingerprint density at radius 2 is 2.20 bits per heavy atom.